The van der Waals surface area contributed by atoms with Crippen molar-refractivity contribution >= 4 is 62.3 Å². The third-order valence-corrected chi connectivity index (χ3v) is 8.52. The molecule has 7 nitrogen and oxygen atoms in total. The minimum atomic E-state index is -4.17. The smallest absolute Gasteiger partial charge is 0.264 e. The summed E-state index contributed by atoms with van der Waals surface area (Å²) in [6.07, 6.45) is 0.296. The van der Waals surface area contributed by atoms with E-state index in [1.165, 1.54) is 29.2 Å². The van der Waals surface area contributed by atoms with Gasteiger partial charge in [-0.1, -0.05) is 66.0 Å². The van der Waals surface area contributed by atoms with Gasteiger partial charge in [0.05, 0.1) is 10.6 Å². The maximum absolute atomic E-state index is 14.0. The highest BCUT2D eigenvalue weighted by Crippen LogP contribution is 2.27. The average molecular weight is 611 g/mol. The summed E-state index contributed by atoms with van der Waals surface area (Å²) in [4.78, 5) is 28.5. The number of halogens is 3. The lowest BCUT2D eigenvalue weighted by Gasteiger charge is -2.33. The molecule has 0 saturated carbocycles. The fourth-order valence-corrected chi connectivity index (χ4v) is 6.00. The van der Waals surface area contributed by atoms with Gasteiger partial charge in [0, 0.05) is 27.7 Å². The predicted octanol–water partition coefficient (Wildman–Crippen LogP) is 6.17. The van der Waals surface area contributed by atoms with Crippen LogP contribution in [0.2, 0.25) is 15.1 Å². The maximum Gasteiger partial charge on any atom is 0.264 e. The first-order chi connectivity index (χ1) is 18.4. The Morgan fingerprint density at radius 3 is 2.08 bits per heavy atom. The number of sulfonamides is 1. The number of hydrogen-bond acceptors (Lipinski definition) is 4. The highest BCUT2D eigenvalue weighted by atomic mass is 35.5. The normalized spacial score (nSPS) is 12.2. The van der Waals surface area contributed by atoms with Crippen LogP contribution in [0, 0.1) is 0 Å². The van der Waals surface area contributed by atoms with E-state index in [0.717, 1.165) is 4.31 Å². The molecule has 0 aliphatic carbocycles. The van der Waals surface area contributed by atoms with E-state index in [4.69, 9.17) is 34.8 Å². The zero-order valence-corrected chi connectivity index (χ0v) is 24.9. The minimum Gasteiger partial charge on any atom is -0.352 e. The van der Waals surface area contributed by atoms with Crippen LogP contribution in [0.4, 0.5) is 5.69 Å². The van der Waals surface area contributed by atoms with Crippen molar-refractivity contribution < 1.29 is 18.0 Å². The van der Waals surface area contributed by atoms with Crippen LogP contribution in [-0.2, 0) is 26.2 Å². The summed E-state index contributed by atoms with van der Waals surface area (Å²) in [7, 11) is -4.17. The predicted molar refractivity (Wildman–Crippen MR) is 157 cm³/mol. The molecule has 1 N–H and O–H groups in total. The van der Waals surface area contributed by atoms with Gasteiger partial charge in [0.2, 0.25) is 11.8 Å². The molecule has 11 heteroatoms. The number of anilines is 1. The van der Waals surface area contributed by atoms with Crippen molar-refractivity contribution in [2.75, 3.05) is 10.8 Å². The molecular weight excluding hydrogens is 581 g/mol. The highest BCUT2D eigenvalue weighted by Gasteiger charge is 2.34. The molecule has 3 aromatic rings. The molecule has 2 amide bonds. The molecule has 39 heavy (non-hydrogen) atoms. The third kappa shape index (κ3) is 7.88. The molecule has 1 atom stereocenters. The Hall–Kier alpha value is -2.78. The summed E-state index contributed by atoms with van der Waals surface area (Å²) in [5, 5.41) is 3.99. The summed E-state index contributed by atoms with van der Waals surface area (Å²) < 4.78 is 28.6. The first-order valence-electron chi connectivity index (χ1n) is 12.3. The number of hydrogen-bond donors (Lipinski definition) is 1. The number of carbonyl (C=O) groups is 2. The fourth-order valence-electron chi connectivity index (χ4n) is 3.99. The van der Waals surface area contributed by atoms with Gasteiger partial charge in [0.1, 0.15) is 12.6 Å². The van der Waals surface area contributed by atoms with Crippen molar-refractivity contribution in [3.8, 4) is 0 Å². The molecule has 0 aromatic heterocycles. The van der Waals surface area contributed by atoms with Gasteiger partial charge in [-0.05, 0) is 74.4 Å². The van der Waals surface area contributed by atoms with Crippen LogP contribution in [0.1, 0.15) is 32.8 Å². The molecule has 0 fully saturated rings. The lowest BCUT2D eigenvalue weighted by atomic mass is 10.1. The lowest BCUT2D eigenvalue weighted by Crippen LogP contribution is -2.53. The second-order valence-corrected chi connectivity index (χ2v) is 12.3. The van der Waals surface area contributed by atoms with E-state index in [1.54, 1.807) is 55.5 Å². The Balaban J connectivity index is 2.06. The number of para-hydroxylation sites is 1. The molecule has 0 heterocycles. The van der Waals surface area contributed by atoms with Gasteiger partial charge in [-0.2, -0.15) is 0 Å². The molecule has 0 aliphatic heterocycles. The Kier molecular flexibility index (Phi) is 10.7. The van der Waals surface area contributed by atoms with Crippen LogP contribution in [0.3, 0.4) is 0 Å². The number of nitrogens with one attached hydrogen (secondary N) is 1. The van der Waals surface area contributed by atoms with E-state index in [-0.39, 0.29) is 23.4 Å². The standard InChI is InChI=1S/C28H30Cl3N3O4S/c1-4-26(28(36)32-19(2)3)33(17-20-10-11-22(30)16-25(20)31)27(35)18-34(23-8-6-5-7-9-23)39(37,38)24-14-12-21(29)13-15-24/h5-16,19,26H,4,17-18H2,1-3H3,(H,32,36). The number of amides is 2. The number of benzene rings is 3. The van der Waals surface area contributed by atoms with E-state index in [2.05, 4.69) is 5.32 Å². The summed E-state index contributed by atoms with van der Waals surface area (Å²) in [5.41, 5.74) is 0.863. The third-order valence-electron chi connectivity index (χ3n) is 5.90. The molecule has 3 rings (SSSR count). The van der Waals surface area contributed by atoms with Crippen molar-refractivity contribution in [3.05, 3.63) is 93.4 Å². The summed E-state index contributed by atoms with van der Waals surface area (Å²) in [6.45, 7) is 4.85. The van der Waals surface area contributed by atoms with E-state index >= 15 is 0 Å². The van der Waals surface area contributed by atoms with E-state index < -0.39 is 28.5 Å². The van der Waals surface area contributed by atoms with Gasteiger partial charge in [-0.25, -0.2) is 8.42 Å². The molecule has 3 aromatic carbocycles. The van der Waals surface area contributed by atoms with Crippen molar-refractivity contribution in [2.45, 2.75) is 50.7 Å². The largest absolute Gasteiger partial charge is 0.352 e. The Labute approximate surface area is 244 Å². The van der Waals surface area contributed by atoms with Crippen molar-refractivity contribution in [1.29, 1.82) is 0 Å². The zero-order chi connectivity index (χ0) is 28.7. The van der Waals surface area contributed by atoms with Gasteiger partial charge >= 0.3 is 0 Å². The first-order valence-corrected chi connectivity index (χ1v) is 14.9. The van der Waals surface area contributed by atoms with Gasteiger partial charge in [-0.3, -0.25) is 13.9 Å². The molecule has 0 radical (unpaired) electrons. The fraction of sp³-hybridized carbons (Fsp3) is 0.286. The van der Waals surface area contributed by atoms with Gasteiger partial charge in [-0.15, -0.1) is 0 Å². The first kappa shape index (κ1) is 30.8. The quantitative estimate of drug-likeness (QED) is 0.281. The summed E-state index contributed by atoms with van der Waals surface area (Å²) in [6, 6.07) is 17.9. The number of carbonyl (C=O) groups excluding carboxylic acids is 2. The van der Waals surface area contributed by atoms with Gasteiger partial charge < -0.3 is 10.2 Å². The minimum absolute atomic E-state index is 0.0253. The van der Waals surface area contributed by atoms with E-state index in [9.17, 15) is 18.0 Å². The molecule has 208 valence electrons. The van der Waals surface area contributed by atoms with Gasteiger partial charge in [0.15, 0.2) is 0 Å². The lowest BCUT2D eigenvalue weighted by molar-refractivity contribution is -0.140. The van der Waals surface area contributed by atoms with Crippen molar-refractivity contribution in [3.63, 3.8) is 0 Å². The SMILES string of the molecule is CCC(C(=O)NC(C)C)N(Cc1ccc(Cl)cc1Cl)C(=O)CN(c1ccccc1)S(=O)(=O)c1ccc(Cl)cc1. The molecule has 0 aliphatic rings. The topological polar surface area (TPSA) is 86.8 Å². The summed E-state index contributed by atoms with van der Waals surface area (Å²) >= 11 is 18.4. The van der Waals surface area contributed by atoms with Crippen molar-refractivity contribution in [1.82, 2.24) is 10.2 Å². The van der Waals surface area contributed by atoms with Crippen LogP contribution in [0.5, 0.6) is 0 Å². The molecule has 0 saturated heterocycles. The van der Waals surface area contributed by atoms with Crippen LogP contribution >= 0.6 is 34.8 Å². The monoisotopic (exact) mass is 609 g/mol. The van der Waals surface area contributed by atoms with Crippen LogP contribution in [-0.4, -0.2) is 43.8 Å². The Morgan fingerprint density at radius 2 is 1.51 bits per heavy atom. The Morgan fingerprint density at radius 1 is 0.897 bits per heavy atom. The zero-order valence-electron chi connectivity index (χ0n) is 21.8. The van der Waals surface area contributed by atoms with Gasteiger partial charge in [0.25, 0.3) is 10.0 Å². The van der Waals surface area contributed by atoms with Crippen LogP contribution < -0.4 is 9.62 Å². The second kappa shape index (κ2) is 13.5. The van der Waals surface area contributed by atoms with Crippen molar-refractivity contribution in [2.24, 2.45) is 0 Å². The van der Waals surface area contributed by atoms with E-state index in [1.807, 2.05) is 13.8 Å². The second-order valence-electron chi connectivity index (χ2n) is 9.15. The number of rotatable bonds is 11. The molecule has 1 unspecified atom stereocenters. The molecular formula is C28H30Cl3N3O4S. The van der Waals surface area contributed by atoms with E-state index in [0.29, 0.717) is 32.7 Å². The summed E-state index contributed by atoms with van der Waals surface area (Å²) in [5.74, 6) is -0.925. The maximum atomic E-state index is 14.0. The number of nitrogens with zero attached hydrogens (tertiary/aromatic N) is 2. The Bertz CT molecular complexity index is 1400. The van der Waals surface area contributed by atoms with Crippen LogP contribution in [0.15, 0.2) is 77.7 Å². The highest BCUT2D eigenvalue weighted by molar-refractivity contribution is 7.92. The molecule has 0 bridgehead atoms. The average Bonchev–Trinajstić information content (AvgIpc) is 2.88. The molecule has 0 spiro atoms. The van der Waals surface area contributed by atoms with Crippen LogP contribution in [0.25, 0.3) is 0 Å².